The molecule has 1 unspecified atom stereocenters. The summed E-state index contributed by atoms with van der Waals surface area (Å²) < 4.78 is 11.0. The van der Waals surface area contributed by atoms with Gasteiger partial charge in [-0.25, -0.2) is 9.35 Å². The number of benzene rings is 1. The lowest BCUT2D eigenvalue weighted by molar-refractivity contribution is -0.124. The molecule has 94 valence electrons. The zero-order valence-electron chi connectivity index (χ0n) is 10.3. The van der Waals surface area contributed by atoms with Crippen LogP contribution in [0.4, 0.5) is 5.69 Å². The third-order valence-corrected chi connectivity index (χ3v) is 3.58. The summed E-state index contributed by atoms with van der Waals surface area (Å²) in [7, 11) is -1.48. The van der Waals surface area contributed by atoms with Gasteiger partial charge in [0.1, 0.15) is 11.0 Å². The first-order valence-corrected chi connectivity index (χ1v) is 6.66. The summed E-state index contributed by atoms with van der Waals surface area (Å²) >= 11 is 0. The number of hydrogen-bond donors (Lipinski definition) is 2. The average Bonchev–Trinajstić information content (AvgIpc) is 2.29. The van der Waals surface area contributed by atoms with Gasteiger partial charge in [-0.3, -0.25) is 4.79 Å². The maximum atomic E-state index is 11.9. The molecule has 0 spiro atoms. The van der Waals surface area contributed by atoms with Crippen LogP contribution in [0, 0.1) is 5.41 Å². The first-order valence-electron chi connectivity index (χ1n) is 5.44. The van der Waals surface area contributed by atoms with E-state index < -0.39 is 16.4 Å². The van der Waals surface area contributed by atoms with Crippen molar-refractivity contribution in [3.05, 3.63) is 24.3 Å². The van der Waals surface area contributed by atoms with Crippen LogP contribution in [0.2, 0.25) is 0 Å². The number of anilines is 1. The first-order chi connectivity index (χ1) is 7.86. The second kappa shape index (κ2) is 5.42. The molecule has 0 saturated heterocycles. The Morgan fingerprint density at radius 1 is 1.35 bits per heavy atom. The average molecular weight is 254 g/mol. The van der Waals surface area contributed by atoms with E-state index in [1.165, 1.54) is 0 Å². The molecule has 4 nitrogen and oxygen atoms in total. The minimum Gasteiger partial charge on any atom is -0.326 e. The molecule has 0 aliphatic heterocycles. The Kier molecular flexibility index (Phi) is 4.42. The highest BCUT2D eigenvalue weighted by atomic mass is 32.2. The number of nitrogens with two attached hydrogens (primary N) is 1. The van der Waals surface area contributed by atoms with E-state index in [2.05, 4.69) is 5.32 Å². The molecule has 1 aromatic rings. The third-order valence-electron chi connectivity index (χ3n) is 2.84. The summed E-state index contributed by atoms with van der Waals surface area (Å²) in [5.74, 6) is -0.0263. The molecule has 0 saturated carbocycles. The SMILES string of the molecule is CCC(C)(C)C(=O)Nc1ccc(S(N)=O)cc1. The summed E-state index contributed by atoms with van der Waals surface area (Å²) in [6.07, 6.45) is 0.768. The number of amides is 1. The summed E-state index contributed by atoms with van der Waals surface area (Å²) in [6, 6.07) is 6.68. The largest absolute Gasteiger partial charge is 0.326 e. The van der Waals surface area contributed by atoms with Gasteiger partial charge in [0.2, 0.25) is 5.91 Å². The fraction of sp³-hybridized carbons (Fsp3) is 0.417. The zero-order valence-corrected chi connectivity index (χ0v) is 11.1. The molecule has 0 aromatic heterocycles. The number of nitrogens with one attached hydrogen (secondary N) is 1. The Morgan fingerprint density at radius 2 is 1.88 bits per heavy atom. The Bertz CT molecular complexity index is 427. The van der Waals surface area contributed by atoms with Crippen molar-refractivity contribution in [3.8, 4) is 0 Å². The molecule has 0 radical (unpaired) electrons. The van der Waals surface area contributed by atoms with Crippen molar-refractivity contribution >= 4 is 22.6 Å². The highest BCUT2D eigenvalue weighted by Gasteiger charge is 2.25. The molecule has 5 heteroatoms. The Balaban J connectivity index is 2.76. The van der Waals surface area contributed by atoms with Crippen LogP contribution in [0.25, 0.3) is 0 Å². The number of carbonyl (C=O) groups is 1. The lowest BCUT2D eigenvalue weighted by Crippen LogP contribution is -2.29. The van der Waals surface area contributed by atoms with E-state index in [-0.39, 0.29) is 5.91 Å². The van der Waals surface area contributed by atoms with Crippen molar-refractivity contribution in [2.45, 2.75) is 32.1 Å². The van der Waals surface area contributed by atoms with Crippen LogP contribution in [-0.4, -0.2) is 10.1 Å². The Hall–Kier alpha value is -1.20. The second-order valence-electron chi connectivity index (χ2n) is 4.51. The Morgan fingerprint density at radius 3 is 2.29 bits per heavy atom. The van der Waals surface area contributed by atoms with Crippen molar-refractivity contribution in [3.63, 3.8) is 0 Å². The van der Waals surface area contributed by atoms with E-state index in [0.717, 1.165) is 6.42 Å². The predicted octanol–water partition coefficient (Wildman–Crippen LogP) is 2.04. The molecule has 17 heavy (non-hydrogen) atoms. The minimum absolute atomic E-state index is 0.0263. The first kappa shape index (κ1) is 13.9. The second-order valence-corrected chi connectivity index (χ2v) is 5.58. The number of carbonyl (C=O) groups excluding carboxylic acids is 1. The van der Waals surface area contributed by atoms with Crippen molar-refractivity contribution < 1.29 is 9.00 Å². The van der Waals surface area contributed by atoms with Crippen molar-refractivity contribution in [1.29, 1.82) is 0 Å². The summed E-state index contributed by atoms with van der Waals surface area (Å²) in [5, 5.41) is 8.06. The fourth-order valence-electron chi connectivity index (χ4n) is 1.13. The van der Waals surface area contributed by atoms with E-state index in [4.69, 9.17) is 5.14 Å². The van der Waals surface area contributed by atoms with Crippen LogP contribution >= 0.6 is 0 Å². The van der Waals surface area contributed by atoms with Gasteiger partial charge < -0.3 is 5.32 Å². The molecule has 1 rings (SSSR count). The lowest BCUT2D eigenvalue weighted by Gasteiger charge is -2.21. The van der Waals surface area contributed by atoms with Gasteiger partial charge in [-0.15, -0.1) is 0 Å². The molecule has 1 amide bonds. The van der Waals surface area contributed by atoms with E-state index in [9.17, 15) is 9.00 Å². The maximum Gasteiger partial charge on any atom is 0.230 e. The van der Waals surface area contributed by atoms with E-state index >= 15 is 0 Å². The molecule has 0 aliphatic carbocycles. The normalized spacial score (nSPS) is 13.2. The number of hydrogen-bond acceptors (Lipinski definition) is 2. The summed E-state index contributed by atoms with van der Waals surface area (Å²) in [6.45, 7) is 5.76. The molecule has 3 N–H and O–H groups in total. The van der Waals surface area contributed by atoms with Gasteiger partial charge in [-0.05, 0) is 30.7 Å². The van der Waals surface area contributed by atoms with Gasteiger partial charge in [-0.1, -0.05) is 20.8 Å². The molecule has 0 fully saturated rings. The third kappa shape index (κ3) is 3.64. The van der Waals surface area contributed by atoms with Gasteiger partial charge in [0, 0.05) is 11.1 Å². The molecule has 0 bridgehead atoms. The van der Waals surface area contributed by atoms with Gasteiger partial charge in [-0.2, -0.15) is 0 Å². The number of rotatable bonds is 4. The van der Waals surface area contributed by atoms with E-state index in [0.29, 0.717) is 10.6 Å². The lowest BCUT2D eigenvalue weighted by atomic mass is 9.89. The zero-order chi connectivity index (χ0) is 13.1. The fourth-order valence-corrected chi connectivity index (χ4v) is 1.54. The van der Waals surface area contributed by atoms with Crippen LogP contribution in [0.1, 0.15) is 27.2 Å². The quantitative estimate of drug-likeness (QED) is 0.863. The van der Waals surface area contributed by atoms with Crippen LogP contribution in [0.5, 0.6) is 0 Å². The standard InChI is InChI=1S/C12H18N2O2S/c1-4-12(2,3)11(15)14-9-5-7-10(8-6-9)17(13)16/h5-8H,4,13H2,1-3H3,(H,14,15). The smallest absolute Gasteiger partial charge is 0.230 e. The van der Waals surface area contributed by atoms with Crippen molar-refractivity contribution in [2.75, 3.05) is 5.32 Å². The van der Waals surface area contributed by atoms with Gasteiger partial charge in [0.15, 0.2) is 0 Å². The monoisotopic (exact) mass is 254 g/mol. The molecular weight excluding hydrogens is 236 g/mol. The minimum atomic E-state index is -1.48. The highest BCUT2D eigenvalue weighted by molar-refractivity contribution is 7.82. The summed E-state index contributed by atoms with van der Waals surface area (Å²) in [5.41, 5.74) is 0.292. The van der Waals surface area contributed by atoms with Gasteiger partial charge in [0.05, 0.1) is 4.90 Å². The Labute approximate surface area is 104 Å². The van der Waals surface area contributed by atoms with Crippen LogP contribution in [-0.2, 0) is 15.8 Å². The summed E-state index contributed by atoms with van der Waals surface area (Å²) in [4.78, 5) is 12.4. The molecule has 0 aliphatic rings. The molecular formula is C12H18N2O2S. The van der Waals surface area contributed by atoms with Gasteiger partial charge >= 0.3 is 0 Å². The van der Waals surface area contributed by atoms with Crippen molar-refractivity contribution in [2.24, 2.45) is 10.6 Å². The predicted molar refractivity (Wildman–Crippen MR) is 69.7 cm³/mol. The van der Waals surface area contributed by atoms with E-state index in [1.807, 2.05) is 20.8 Å². The van der Waals surface area contributed by atoms with Crippen molar-refractivity contribution in [1.82, 2.24) is 0 Å². The highest BCUT2D eigenvalue weighted by Crippen LogP contribution is 2.22. The maximum absolute atomic E-state index is 11.9. The molecule has 1 atom stereocenters. The van der Waals surface area contributed by atoms with E-state index in [1.54, 1.807) is 24.3 Å². The molecule has 1 aromatic carbocycles. The van der Waals surface area contributed by atoms with Gasteiger partial charge in [0.25, 0.3) is 0 Å². The van der Waals surface area contributed by atoms with Crippen LogP contribution < -0.4 is 10.5 Å². The van der Waals surface area contributed by atoms with Crippen LogP contribution in [0.3, 0.4) is 0 Å². The van der Waals surface area contributed by atoms with Crippen LogP contribution in [0.15, 0.2) is 29.2 Å². The molecule has 0 heterocycles. The topological polar surface area (TPSA) is 72.2 Å².